The van der Waals surface area contributed by atoms with Gasteiger partial charge in [-0.05, 0) is 161 Å². The number of amides is 4. The highest BCUT2D eigenvalue weighted by molar-refractivity contribution is 6.33. The van der Waals surface area contributed by atoms with Crippen molar-refractivity contribution in [3.05, 3.63) is 380 Å². The van der Waals surface area contributed by atoms with Gasteiger partial charge in [0.1, 0.15) is 51.9 Å². The molecule has 106 heavy (non-hydrogen) atoms. The molecule has 3 N–H and O–H groups in total. The van der Waals surface area contributed by atoms with Gasteiger partial charge in [0.25, 0.3) is 23.6 Å². The topological polar surface area (TPSA) is 208 Å². The van der Waals surface area contributed by atoms with Crippen LogP contribution in [0.1, 0.15) is 97.9 Å². The summed E-state index contributed by atoms with van der Waals surface area (Å²) in [5.41, 5.74) is 12.5. The second-order valence-electron chi connectivity index (χ2n) is 25.2. The van der Waals surface area contributed by atoms with Gasteiger partial charge in [-0.15, -0.1) is 0 Å². The molecular formula is C90H77ClN6O9. The maximum absolute atomic E-state index is 13.3. The summed E-state index contributed by atoms with van der Waals surface area (Å²) in [6.45, 7) is 1.78. The van der Waals surface area contributed by atoms with Crippen LogP contribution < -0.4 is 20.4 Å². The molecular weight excluding hydrogens is 1340 g/mol. The van der Waals surface area contributed by atoms with Gasteiger partial charge in [0.15, 0.2) is 0 Å². The molecule has 11 aromatic rings. The first-order valence-electron chi connectivity index (χ1n) is 34.8. The molecule has 10 aromatic carbocycles. The lowest BCUT2D eigenvalue weighted by Crippen LogP contribution is -2.32. The number of Topliss-reactive ketones (excluding diaryl/α,β-unsaturated/α-hetero) is 3. The van der Waals surface area contributed by atoms with Crippen LogP contribution in [0.3, 0.4) is 0 Å². The Balaban J connectivity index is 0.000000159. The molecule has 15 nitrogen and oxygen atoms in total. The van der Waals surface area contributed by atoms with Crippen LogP contribution in [0.15, 0.2) is 323 Å². The van der Waals surface area contributed by atoms with Crippen molar-refractivity contribution in [3.8, 4) is 0 Å². The van der Waals surface area contributed by atoms with Crippen LogP contribution in [0.2, 0.25) is 5.02 Å². The van der Waals surface area contributed by atoms with E-state index in [-0.39, 0.29) is 41.5 Å². The minimum absolute atomic E-state index is 0.0184. The largest absolute Gasteiger partial charge is 0.465 e. The van der Waals surface area contributed by atoms with E-state index in [9.17, 15) is 38.7 Å². The van der Waals surface area contributed by atoms with Crippen molar-refractivity contribution in [1.82, 2.24) is 5.32 Å². The van der Waals surface area contributed by atoms with Gasteiger partial charge in [-0.3, -0.25) is 43.4 Å². The van der Waals surface area contributed by atoms with Gasteiger partial charge in [0, 0.05) is 66.4 Å². The van der Waals surface area contributed by atoms with Gasteiger partial charge in [0.05, 0.1) is 24.2 Å². The number of aliphatic hydroxyl groups is 1. The van der Waals surface area contributed by atoms with Crippen LogP contribution in [0, 0.1) is 0 Å². The predicted molar refractivity (Wildman–Crippen MR) is 420 cm³/mol. The van der Waals surface area contributed by atoms with Gasteiger partial charge >= 0.3 is 0 Å². The van der Waals surface area contributed by atoms with Crippen molar-refractivity contribution in [1.29, 1.82) is 0 Å². The number of aryl methyl sites for hydroxylation is 3. The monoisotopic (exact) mass is 1420 g/mol. The Morgan fingerprint density at radius 3 is 1.37 bits per heavy atom. The number of carbonyl (C=O) groups excluding carboxylic acids is 7. The number of nitrogens with one attached hydrogen (secondary N) is 2. The van der Waals surface area contributed by atoms with E-state index in [1.54, 1.807) is 114 Å². The van der Waals surface area contributed by atoms with Crippen molar-refractivity contribution in [2.24, 2.45) is 9.98 Å². The standard InChI is InChI=1S/C32H27ClN2O3.C30H24N2O3.C28H26N2O3/c33-27-16-11-25(12-17-27)22-30(35-31(37)26-9-5-2-6-10-26)32(38)34-28-18-13-24(14-19-28)21-29(36)20-15-23-7-3-1-4-8-23;33-26(18-15-22-8-3-1-4-9-22)20-23-13-16-25(17-14-23)32-29(24-10-5-2-6-11-24)31-28(30(32)34)21-27-12-7-19-35-27;1-20-29-27(18-23-7-9-24(19-31)10-8-23)28(33)30(20)25-14-11-22(12-15-25)17-26(32)16-13-21-5-3-2-4-6-21/h1-14,16-19,22H,15,20-21H2,(H,34,38)(H,35,37);1-14,16-17,19,21H,15,18,20H2;2-12,14-15,18,31H,13,16-17,19H2,1H3/b30-22-;28-21-;27-18-. The molecule has 0 unspecified atom stereocenters. The Kier molecular flexibility index (Phi) is 26.2. The van der Waals surface area contributed by atoms with Gasteiger partial charge in [0.2, 0.25) is 0 Å². The predicted octanol–water partition coefficient (Wildman–Crippen LogP) is 17.1. The van der Waals surface area contributed by atoms with Crippen molar-refractivity contribution < 1.29 is 43.1 Å². The first-order valence-corrected chi connectivity index (χ1v) is 35.2. The third-order valence-corrected chi connectivity index (χ3v) is 17.6. The highest BCUT2D eigenvalue weighted by Gasteiger charge is 2.33. The third kappa shape index (κ3) is 21.6. The van der Waals surface area contributed by atoms with E-state index in [0.717, 1.165) is 68.6 Å². The van der Waals surface area contributed by atoms with Gasteiger partial charge in [-0.1, -0.05) is 224 Å². The summed E-state index contributed by atoms with van der Waals surface area (Å²) in [5.74, 6) is 0.967. The fraction of sp³-hybridized carbons (Fsp3) is 0.122. The summed E-state index contributed by atoms with van der Waals surface area (Å²) in [4.78, 5) is 102. The summed E-state index contributed by atoms with van der Waals surface area (Å²) in [5, 5.41) is 15.3. The van der Waals surface area contributed by atoms with Crippen LogP contribution in [-0.4, -0.2) is 57.8 Å². The van der Waals surface area contributed by atoms with Gasteiger partial charge < -0.3 is 20.2 Å². The fourth-order valence-electron chi connectivity index (χ4n) is 11.7. The maximum Gasteiger partial charge on any atom is 0.282 e. The number of hydrogen-bond acceptors (Lipinski definition) is 11. The molecule has 0 saturated heterocycles. The summed E-state index contributed by atoms with van der Waals surface area (Å²) >= 11 is 5.98. The van der Waals surface area contributed by atoms with Gasteiger partial charge in [-0.25, -0.2) is 9.98 Å². The Bertz CT molecular complexity index is 4990. The molecule has 4 amide bonds. The number of aliphatic hydroxyl groups excluding tert-OH is 1. The Morgan fingerprint density at radius 2 is 0.887 bits per heavy atom. The number of ketones is 3. The molecule has 0 radical (unpaired) electrons. The lowest BCUT2D eigenvalue weighted by atomic mass is 10.0. The van der Waals surface area contributed by atoms with E-state index in [2.05, 4.69) is 20.6 Å². The molecule has 528 valence electrons. The molecule has 1 aromatic heterocycles. The zero-order valence-corrected chi connectivity index (χ0v) is 59.2. The van der Waals surface area contributed by atoms with Crippen molar-refractivity contribution in [2.75, 3.05) is 15.1 Å². The minimum atomic E-state index is -0.476. The second kappa shape index (κ2) is 37.4. The number of hydrogen-bond donors (Lipinski definition) is 3. The molecule has 0 spiro atoms. The number of halogens is 1. The minimum Gasteiger partial charge on any atom is -0.465 e. The summed E-state index contributed by atoms with van der Waals surface area (Å²) < 4.78 is 5.38. The van der Waals surface area contributed by atoms with Crippen LogP contribution in [0.5, 0.6) is 0 Å². The number of aliphatic imine (C=N–C) groups is 2. The normalized spacial score (nSPS) is 13.3. The lowest BCUT2D eigenvalue weighted by molar-refractivity contribution is -0.119. The van der Waals surface area contributed by atoms with E-state index in [1.165, 1.54) is 0 Å². The molecule has 3 heterocycles. The van der Waals surface area contributed by atoms with Crippen molar-refractivity contribution in [2.45, 2.75) is 71.3 Å². The number of anilines is 3. The number of benzene rings is 10. The number of carbonyl (C=O) groups is 7. The molecule has 0 atom stereocenters. The lowest BCUT2D eigenvalue weighted by Gasteiger charge is -2.19. The average Bonchev–Trinajstić information content (AvgIpc) is 1.64. The number of amidine groups is 2. The molecule has 0 bridgehead atoms. The van der Waals surface area contributed by atoms with Crippen LogP contribution in [0.4, 0.5) is 17.1 Å². The van der Waals surface area contributed by atoms with E-state index in [0.29, 0.717) is 101 Å². The number of furan rings is 1. The molecule has 0 fully saturated rings. The van der Waals surface area contributed by atoms with Crippen LogP contribution in [0.25, 0.3) is 18.2 Å². The van der Waals surface area contributed by atoms with Crippen LogP contribution in [-0.2, 0) is 73.9 Å². The molecule has 2 aliphatic rings. The zero-order valence-electron chi connectivity index (χ0n) is 58.4. The number of rotatable bonds is 26. The highest BCUT2D eigenvalue weighted by Crippen LogP contribution is 2.30. The average molecular weight is 1420 g/mol. The fourth-order valence-corrected chi connectivity index (χ4v) is 11.8. The molecule has 0 saturated carbocycles. The maximum atomic E-state index is 13.3. The molecule has 2 aliphatic heterocycles. The van der Waals surface area contributed by atoms with E-state index in [1.807, 2.05) is 212 Å². The van der Waals surface area contributed by atoms with Crippen molar-refractivity contribution in [3.63, 3.8) is 0 Å². The summed E-state index contributed by atoms with van der Waals surface area (Å²) in [7, 11) is 0. The summed E-state index contributed by atoms with van der Waals surface area (Å²) in [6.07, 6.45) is 11.3. The smallest absolute Gasteiger partial charge is 0.282 e. The first-order chi connectivity index (χ1) is 51.7. The Labute approximate surface area is 621 Å². The SMILES string of the molecule is CC1=N/C(=C\c2ccc(CO)cc2)C(=O)N1c1ccc(CC(=O)CCc2ccccc2)cc1.O=C(CCc1ccccc1)Cc1ccc(N2C(=O)/C(=C/c3ccco3)N=C2c2ccccc2)cc1.O=C(CCc1ccccc1)Cc1ccc(NC(=O)/C(=C/c2ccc(Cl)cc2)NC(=O)c2ccccc2)cc1. The Morgan fingerprint density at radius 1 is 0.453 bits per heavy atom. The second-order valence-corrected chi connectivity index (χ2v) is 25.7. The highest BCUT2D eigenvalue weighted by atomic mass is 35.5. The van der Waals surface area contributed by atoms with E-state index in [4.69, 9.17) is 16.0 Å². The molecule has 13 rings (SSSR count). The third-order valence-electron chi connectivity index (χ3n) is 17.3. The Hall–Kier alpha value is -12.8. The van der Waals surface area contributed by atoms with Crippen LogP contribution >= 0.6 is 11.6 Å². The summed E-state index contributed by atoms with van der Waals surface area (Å²) in [6, 6.07) is 88.2. The first kappa shape index (κ1) is 74.4. The van der Waals surface area contributed by atoms with Gasteiger partial charge in [-0.2, -0.15) is 0 Å². The molecule has 0 aliphatic carbocycles. The van der Waals surface area contributed by atoms with E-state index < -0.39 is 11.8 Å². The number of nitrogens with zero attached hydrogens (tertiary/aromatic N) is 4. The van der Waals surface area contributed by atoms with Crippen molar-refractivity contribution >= 4 is 99.5 Å². The molecule has 16 heteroatoms. The van der Waals surface area contributed by atoms with E-state index >= 15 is 0 Å². The quantitative estimate of drug-likeness (QED) is 0.0440. The zero-order chi connectivity index (χ0) is 74.0.